The fourth-order valence-corrected chi connectivity index (χ4v) is 1.64. The lowest BCUT2D eigenvalue weighted by atomic mass is 10.4. The molecule has 3 nitrogen and oxygen atoms in total. The first-order valence-electron chi connectivity index (χ1n) is 5.12. The molecule has 0 radical (unpaired) electrons. The van der Waals surface area contributed by atoms with E-state index in [2.05, 4.69) is 32.9 Å². The predicted molar refractivity (Wildman–Crippen MR) is 62.8 cm³/mol. The second-order valence-corrected chi connectivity index (χ2v) is 4.04. The molecule has 0 saturated carbocycles. The van der Waals surface area contributed by atoms with Gasteiger partial charge in [0.25, 0.3) is 0 Å². The van der Waals surface area contributed by atoms with E-state index >= 15 is 0 Å². The van der Waals surface area contributed by atoms with Crippen LogP contribution in [0.15, 0.2) is 18.5 Å². The van der Waals surface area contributed by atoms with Crippen molar-refractivity contribution in [2.75, 3.05) is 25.0 Å². The minimum atomic E-state index is 0.989. The summed E-state index contributed by atoms with van der Waals surface area (Å²) in [7, 11) is 0. The third-order valence-corrected chi connectivity index (χ3v) is 2.82. The Morgan fingerprint density at radius 3 is 2.86 bits per heavy atom. The molecule has 1 rings (SSSR count). The molecule has 0 aliphatic carbocycles. The lowest BCUT2D eigenvalue weighted by molar-refractivity contribution is 0.273. The molecule has 0 spiro atoms. The van der Waals surface area contributed by atoms with Crippen molar-refractivity contribution >= 4 is 15.9 Å². The average molecular weight is 260 g/mol. The smallest absolute Gasteiger partial charge is 0.0536 e. The van der Waals surface area contributed by atoms with Crippen LogP contribution in [0.4, 0.5) is 0 Å². The molecule has 0 aliphatic rings. The van der Waals surface area contributed by atoms with Gasteiger partial charge in [-0.25, -0.2) is 0 Å². The van der Waals surface area contributed by atoms with Crippen molar-refractivity contribution < 1.29 is 0 Å². The average Bonchev–Trinajstić information content (AvgIpc) is 2.71. The van der Waals surface area contributed by atoms with Gasteiger partial charge in [-0.1, -0.05) is 22.9 Å². The number of hydrogen-bond donors (Lipinski definition) is 0. The molecule has 0 aliphatic heterocycles. The second-order valence-electron chi connectivity index (χ2n) is 3.25. The molecule has 0 fully saturated rings. The SMILES string of the molecule is CCN(CCCBr)CCn1cccn1. The molecule has 14 heavy (non-hydrogen) atoms. The Bertz CT molecular complexity index is 223. The highest BCUT2D eigenvalue weighted by Gasteiger charge is 2.01. The van der Waals surface area contributed by atoms with Gasteiger partial charge in [0.05, 0.1) is 6.54 Å². The van der Waals surface area contributed by atoms with Crippen molar-refractivity contribution in [3.05, 3.63) is 18.5 Å². The summed E-state index contributed by atoms with van der Waals surface area (Å²) in [5, 5.41) is 5.27. The number of hydrogen-bond acceptors (Lipinski definition) is 2. The van der Waals surface area contributed by atoms with E-state index in [-0.39, 0.29) is 0 Å². The monoisotopic (exact) mass is 259 g/mol. The molecule has 4 heteroatoms. The first kappa shape index (κ1) is 11.7. The summed E-state index contributed by atoms with van der Waals surface area (Å²) in [5.41, 5.74) is 0. The Labute approximate surface area is 94.2 Å². The van der Waals surface area contributed by atoms with Crippen molar-refractivity contribution in [2.24, 2.45) is 0 Å². The standard InChI is InChI=1S/C10H18BrN3/c1-2-13(7-3-5-11)9-10-14-8-4-6-12-14/h4,6,8H,2-3,5,7,9-10H2,1H3. The molecule has 0 unspecified atom stereocenters. The molecule has 1 aromatic heterocycles. The summed E-state index contributed by atoms with van der Waals surface area (Å²) < 4.78 is 1.98. The Balaban J connectivity index is 2.20. The normalized spacial score (nSPS) is 11.1. The van der Waals surface area contributed by atoms with Crippen molar-refractivity contribution in [1.82, 2.24) is 14.7 Å². The number of aromatic nitrogens is 2. The summed E-state index contributed by atoms with van der Waals surface area (Å²) in [6.45, 7) is 6.57. The molecular formula is C10H18BrN3. The second kappa shape index (κ2) is 7.01. The first-order valence-corrected chi connectivity index (χ1v) is 6.24. The molecule has 80 valence electrons. The minimum absolute atomic E-state index is 0.989. The summed E-state index contributed by atoms with van der Waals surface area (Å²) in [6.07, 6.45) is 5.06. The molecule has 1 heterocycles. The predicted octanol–water partition coefficient (Wildman–Crippen LogP) is 1.99. The van der Waals surface area contributed by atoms with E-state index in [4.69, 9.17) is 0 Å². The lowest BCUT2D eigenvalue weighted by Gasteiger charge is -2.19. The van der Waals surface area contributed by atoms with Crippen LogP contribution in [0.1, 0.15) is 13.3 Å². The first-order chi connectivity index (χ1) is 6.86. The quantitative estimate of drug-likeness (QED) is 0.699. The highest BCUT2D eigenvalue weighted by Crippen LogP contribution is 1.95. The van der Waals surface area contributed by atoms with Crippen molar-refractivity contribution in [3.8, 4) is 0 Å². The molecular weight excluding hydrogens is 242 g/mol. The van der Waals surface area contributed by atoms with Crippen LogP contribution in [-0.2, 0) is 6.54 Å². The number of alkyl halides is 1. The zero-order chi connectivity index (χ0) is 10.2. The van der Waals surface area contributed by atoms with Crippen LogP contribution >= 0.6 is 15.9 Å². The van der Waals surface area contributed by atoms with Gasteiger partial charge in [0.2, 0.25) is 0 Å². The highest BCUT2D eigenvalue weighted by atomic mass is 79.9. The van der Waals surface area contributed by atoms with Crippen molar-refractivity contribution in [3.63, 3.8) is 0 Å². The lowest BCUT2D eigenvalue weighted by Crippen LogP contribution is -2.28. The molecule has 0 N–H and O–H groups in total. The van der Waals surface area contributed by atoms with Gasteiger partial charge in [-0.15, -0.1) is 0 Å². The fraction of sp³-hybridized carbons (Fsp3) is 0.700. The summed E-state index contributed by atoms with van der Waals surface area (Å²) in [6, 6.07) is 1.97. The third kappa shape index (κ3) is 4.24. The van der Waals surface area contributed by atoms with E-state index in [0.29, 0.717) is 0 Å². The minimum Gasteiger partial charge on any atom is -0.302 e. The van der Waals surface area contributed by atoms with E-state index in [1.165, 1.54) is 13.0 Å². The molecule has 0 bridgehead atoms. The maximum Gasteiger partial charge on any atom is 0.0536 e. The number of rotatable bonds is 7. The molecule has 0 amide bonds. The largest absolute Gasteiger partial charge is 0.302 e. The maximum atomic E-state index is 4.18. The molecule has 1 aromatic rings. The fourth-order valence-electron chi connectivity index (χ4n) is 1.39. The molecule has 0 atom stereocenters. The molecule has 0 aromatic carbocycles. The Kier molecular flexibility index (Phi) is 5.87. The van der Waals surface area contributed by atoms with Crippen LogP contribution in [0.5, 0.6) is 0 Å². The zero-order valence-electron chi connectivity index (χ0n) is 8.69. The van der Waals surface area contributed by atoms with Gasteiger partial charge in [0.15, 0.2) is 0 Å². The van der Waals surface area contributed by atoms with Crippen molar-refractivity contribution in [2.45, 2.75) is 19.9 Å². The van der Waals surface area contributed by atoms with E-state index < -0.39 is 0 Å². The third-order valence-electron chi connectivity index (χ3n) is 2.26. The van der Waals surface area contributed by atoms with Crippen LogP contribution in [0.2, 0.25) is 0 Å². The topological polar surface area (TPSA) is 21.1 Å². The van der Waals surface area contributed by atoms with E-state index in [1.807, 2.05) is 23.1 Å². The zero-order valence-corrected chi connectivity index (χ0v) is 10.3. The van der Waals surface area contributed by atoms with Crippen LogP contribution in [0, 0.1) is 0 Å². The van der Waals surface area contributed by atoms with E-state index in [1.54, 1.807) is 0 Å². The number of nitrogens with zero attached hydrogens (tertiary/aromatic N) is 3. The highest BCUT2D eigenvalue weighted by molar-refractivity contribution is 9.09. The van der Waals surface area contributed by atoms with Crippen molar-refractivity contribution in [1.29, 1.82) is 0 Å². The van der Waals surface area contributed by atoms with Gasteiger partial charge in [-0.3, -0.25) is 4.68 Å². The Morgan fingerprint density at radius 2 is 2.29 bits per heavy atom. The Hall–Kier alpha value is -0.350. The van der Waals surface area contributed by atoms with Gasteiger partial charge >= 0.3 is 0 Å². The van der Waals surface area contributed by atoms with E-state index in [9.17, 15) is 0 Å². The van der Waals surface area contributed by atoms with Crippen LogP contribution in [0.25, 0.3) is 0 Å². The van der Waals surface area contributed by atoms with Crippen LogP contribution in [-0.4, -0.2) is 39.6 Å². The van der Waals surface area contributed by atoms with Gasteiger partial charge in [-0.2, -0.15) is 5.10 Å². The van der Waals surface area contributed by atoms with E-state index in [0.717, 1.165) is 25.0 Å². The molecule has 0 saturated heterocycles. The Morgan fingerprint density at radius 1 is 1.43 bits per heavy atom. The van der Waals surface area contributed by atoms with Crippen LogP contribution < -0.4 is 0 Å². The van der Waals surface area contributed by atoms with Crippen LogP contribution in [0.3, 0.4) is 0 Å². The summed E-state index contributed by atoms with van der Waals surface area (Å²) in [5.74, 6) is 0. The van der Waals surface area contributed by atoms with Gasteiger partial charge < -0.3 is 4.90 Å². The van der Waals surface area contributed by atoms with Gasteiger partial charge in [0.1, 0.15) is 0 Å². The summed E-state index contributed by atoms with van der Waals surface area (Å²) >= 11 is 3.45. The maximum absolute atomic E-state index is 4.18. The number of likely N-dealkylation sites (N-methyl/N-ethyl adjacent to an activating group) is 1. The van der Waals surface area contributed by atoms with Gasteiger partial charge in [0, 0.05) is 24.3 Å². The van der Waals surface area contributed by atoms with Gasteiger partial charge in [-0.05, 0) is 25.6 Å². The summed E-state index contributed by atoms with van der Waals surface area (Å²) in [4.78, 5) is 2.45. The number of halogens is 1.